The Balaban J connectivity index is 1.60. The normalized spacial score (nSPS) is 15.9. The Morgan fingerprint density at radius 1 is 1.09 bits per heavy atom. The smallest absolute Gasteiger partial charge is 0.409 e. The van der Waals surface area contributed by atoms with Crippen molar-refractivity contribution in [3.8, 4) is 0 Å². The summed E-state index contributed by atoms with van der Waals surface area (Å²) in [5.41, 5.74) is 1.15. The lowest BCUT2D eigenvalue weighted by Gasteiger charge is -2.35. The zero-order valence-corrected chi connectivity index (χ0v) is 20.2. The van der Waals surface area contributed by atoms with Crippen LogP contribution in [0, 0.1) is 6.92 Å². The number of aryl methyl sites for hydroxylation is 1. The number of carbonyl (C=O) groups excluding carboxylic acids is 3. The number of nitrogens with one attached hydrogen (secondary N) is 1. The average Bonchev–Trinajstić information content (AvgIpc) is 3.38. The quantitative estimate of drug-likeness (QED) is 0.638. The van der Waals surface area contributed by atoms with Crippen LogP contribution in [0.3, 0.4) is 0 Å². The van der Waals surface area contributed by atoms with Gasteiger partial charge in [-0.25, -0.2) is 4.79 Å². The maximum Gasteiger partial charge on any atom is 0.409 e. The predicted octanol–water partition coefficient (Wildman–Crippen LogP) is 2.21. The maximum absolute atomic E-state index is 13.0. The van der Waals surface area contributed by atoms with Crippen LogP contribution in [0.4, 0.5) is 10.5 Å². The lowest BCUT2D eigenvalue weighted by molar-refractivity contribution is -0.136. The number of rotatable bonds is 6. The molecule has 0 saturated carbocycles. The van der Waals surface area contributed by atoms with Crippen molar-refractivity contribution in [1.29, 1.82) is 0 Å². The average molecular weight is 510 g/mol. The van der Waals surface area contributed by atoms with Crippen LogP contribution in [0.1, 0.15) is 38.5 Å². The van der Waals surface area contributed by atoms with E-state index in [1.807, 2.05) is 0 Å². The van der Waals surface area contributed by atoms with Crippen LogP contribution in [0.15, 0.2) is 23.1 Å². The molecule has 0 radical (unpaired) electrons. The third kappa shape index (κ3) is 5.29. The summed E-state index contributed by atoms with van der Waals surface area (Å²) < 4.78 is 8.92. The SMILES string of the molecule is CCOC(=O)N1CCN(C(=O)C(C)n2cc(NC(=O)C(C)n3cc(Br)cn3)c(C)n2)CC1. The summed E-state index contributed by atoms with van der Waals surface area (Å²) >= 11 is 3.32. The van der Waals surface area contributed by atoms with Gasteiger partial charge in [0.1, 0.15) is 12.1 Å². The van der Waals surface area contributed by atoms with Gasteiger partial charge in [-0.3, -0.25) is 19.0 Å². The highest BCUT2D eigenvalue weighted by molar-refractivity contribution is 9.10. The van der Waals surface area contributed by atoms with E-state index in [-0.39, 0.29) is 17.9 Å². The topological polar surface area (TPSA) is 115 Å². The molecule has 0 bridgehead atoms. The first-order chi connectivity index (χ1) is 15.2. The highest BCUT2D eigenvalue weighted by atomic mass is 79.9. The van der Waals surface area contributed by atoms with Gasteiger partial charge in [-0.05, 0) is 43.6 Å². The van der Waals surface area contributed by atoms with E-state index in [9.17, 15) is 14.4 Å². The van der Waals surface area contributed by atoms with Crippen molar-refractivity contribution in [2.24, 2.45) is 0 Å². The molecule has 2 atom stereocenters. The van der Waals surface area contributed by atoms with Crippen molar-refractivity contribution in [2.45, 2.75) is 39.8 Å². The number of ether oxygens (including phenoxy) is 1. The summed E-state index contributed by atoms with van der Waals surface area (Å²) in [7, 11) is 0. The molecule has 0 spiro atoms. The Labute approximate surface area is 194 Å². The molecule has 12 heteroatoms. The Bertz CT molecular complexity index is 981. The van der Waals surface area contributed by atoms with Gasteiger partial charge >= 0.3 is 6.09 Å². The fourth-order valence-electron chi connectivity index (χ4n) is 3.39. The highest BCUT2D eigenvalue weighted by Gasteiger charge is 2.29. The lowest BCUT2D eigenvalue weighted by atomic mass is 10.2. The highest BCUT2D eigenvalue weighted by Crippen LogP contribution is 2.20. The Morgan fingerprint density at radius 3 is 2.34 bits per heavy atom. The van der Waals surface area contributed by atoms with Crippen molar-refractivity contribution in [2.75, 3.05) is 38.1 Å². The summed E-state index contributed by atoms with van der Waals surface area (Å²) in [6.45, 7) is 9.10. The minimum absolute atomic E-state index is 0.0938. The molecular formula is C20H28BrN7O4. The summed E-state index contributed by atoms with van der Waals surface area (Å²) in [6.07, 6.45) is 4.65. The number of anilines is 1. The molecule has 3 amide bonds. The molecular weight excluding hydrogens is 482 g/mol. The van der Waals surface area contributed by atoms with Crippen LogP contribution in [0.25, 0.3) is 0 Å². The first-order valence-corrected chi connectivity index (χ1v) is 11.3. The fraction of sp³-hybridized carbons (Fsp3) is 0.550. The van der Waals surface area contributed by atoms with E-state index in [0.717, 1.165) is 4.47 Å². The number of aromatic nitrogens is 4. The van der Waals surface area contributed by atoms with Crippen molar-refractivity contribution < 1.29 is 19.1 Å². The number of nitrogens with zero attached hydrogens (tertiary/aromatic N) is 6. The molecule has 1 aliphatic rings. The van der Waals surface area contributed by atoms with Crippen molar-refractivity contribution in [1.82, 2.24) is 29.4 Å². The zero-order valence-electron chi connectivity index (χ0n) is 18.6. The minimum atomic E-state index is -0.548. The molecule has 11 nitrogen and oxygen atoms in total. The van der Waals surface area contributed by atoms with Gasteiger partial charge in [0.15, 0.2) is 0 Å². The zero-order chi connectivity index (χ0) is 23.4. The van der Waals surface area contributed by atoms with Crippen molar-refractivity contribution >= 4 is 39.5 Å². The van der Waals surface area contributed by atoms with E-state index in [0.29, 0.717) is 44.2 Å². The van der Waals surface area contributed by atoms with Gasteiger partial charge in [-0.2, -0.15) is 10.2 Å². The molecule has 1 saturated heterocycles. The molecule has 3 heterocycles. The minimum Gasteiger partial charge on any atom is -0.450 e. The maximum atomic E-state index is 13.0. The predicted molar refractivity (Wildman–Crippen MR) is 120 cm³/mol. The monoisotopic (exact) mass is 509 g/mol. The van der Waals surface area contributed by atoms with Crippen molar-refractivity contribution in [3.05, 3.63) is 28.8 Å². The van der Waals surface area contributed by atoms with Gasteiger partial charge in [-0.1, -0.05) is 0 Å². The van der Waals surface area contributed by atoms with Crippen LogP contribution >= 0.6 is 15.9 Å². The molecule has 1 N–H and O–H groups in total. The molecule has 3 rings (SSSR count). The number of amides is 3. The van der Waals surface area contributed by atoms with Crippen LogP contribution in [-0.2, 0) is 14.3 Å². The summed E-state index contributed by atoms with van der Waals surface area (Å²) in [4.78, 5) is 40.7. The molecule has 2 aromatic rings. The van der Waals surface area contributed by atoms with Gasteiger partial charge in [0.2, 0.25) is 11.8 Å². The molecule has 1 fully saturated rings. The summed E-state index contributed by atoms with van der Waals surface area (Å²) in [6, 6.07) is -1.06. The van der Waals surface area contributed by atoms with E-state index in [1.165, 1.54) is 0 Å². The summed E-state index contributed by atoms with van der Waals surface area (Å²) in [5.74, 6) is -0.332. The van der Waals surface area contributed by atoms with E-state index in [1.54, 1.807) is 65.4 Å². The third-order valence-electron chi connectivity index (χ3n) is 5.39. The van der Waals surface area contributed by atoms with Crippen LogP contribution < -0.4 is 5.32 Å². The molecule has 174 valence electrons. The van der Waals surface area contributed by atoms with Crippen LogP contribution in [0.2, 0.25) is 0 Å². The standard InChI is InChI=1S/C20H28BrN7O4/c1-5-32-20(31)26-8-6-25(7-9-26)19(30)15(4)28-12-17(13(2)24-28)23-18(29)14(3)27-11-16(21)10-22-27/h10-12,14-15H,5-9H2,1-4H3,(H,23,29). The van der Waals surface area contributed by atoms with Gasteiger partial charge in [-0.15, -0.1) is 0 Å². The van der Waals surface area contributed by atoms with Gasteiger partial charge in [0.05, 0.1) is 28.7 Å². The molecule has 2 aromatic heterocycles. The molecule has 0 aromatic carbocycles. The first-order valence-electron chi connectivity index (χ1n) is 10.5. The number of halogens is 1. The Morgan fingerprint density at radius 2 is 1.75 bits per heavy atom. The third-order valence-corrected chi connectivity index (χ3v) is 5.80. The first kappa shape index (κ1) is 23.8. The molecule has 2 unspecified atom stereocenters. The lowest BCUT2D eigenvalue weighted by Crippen LogP contribution is -2.52. The molecule has 1 aliphatic heterocycles. The molecule has 0 aliphatic carbocycles. The van der Waals surface area contributed by atoms with Crippen LogP contribution in [-0.4, -0.2) is 80.1 Å². The molecule has 32 heavy (non-hydrogen) atoms. The number of piperazine rings is 1. The second-order valence-corrected chi connectivity index (χ2v) is 8.51. The number of hydrogen-bond acceptors (Lipinski definition) is 6. The van der Waals surface area contributed by atoms with Gasteiger partial charge in [0, 0.05) is 38.6 Å². The Kier molecular flexibility index (Phi) is 7.54. The fourth-order valence-corrected chi connectivity index (χ4v) is 3.69. The van der Waals surface area contributed by atoms with Crippen LogP contribution in [0.5, 0.6) is 0 Å². The number of hydrogen-bond donors (Lipinski definition) is 1. The second kappa shape index (κ2) is 10.2. The Hall–Kier alpha value is -2.89. The van der Waals surface area contributed by atoms with E-state index in [2.05, 4.69) is 31.4 Å². The van der Waals surface area contributed by atoms with E-state index < -0.39 is 12.1 Å². The van der Waals surface area contributed by atoms with E-state index in [4.69, 9.17) is 4.74 Å². The van der Waals surface area contributed by atoms with Gasteiger partial charge in [0.25, 0.3) is 0 Å². The van der Waals surface area contributed by atoms with E-state index >= 15 is 0 Å². The van der Waals surface area contributed by atoms with Crippen molar-refractivity contribution in [3.63, 3.8) is 0 Å². The summed E-state index contributed by atoms with van der Waals surface area (Å²) in [5, 5.41) is 11.4. The van der Waals surface area contributed by atoms with Gasteiger partial charge < -0.3 is 19.9 Å². The second-order valence-electron chi connectivity index (χ2n) is 7.60. The largest absolute Gasteiger partial charge is 0.450 e. The number of carbonyl (C=O) groups is 3.